The van der Waals surface area contributed by atoms with E-state index in [1.54, 1.807) is 6.07 Å². The zero-order chi connectivity index (χ0) is 32.0. The Morgan fingerprint density at radius 2 is 1.60 bits per heavy atom. The first-order chi connectivity index (χ1) is 21.5. The molecule has 0 radical (unpaired) electrons. The van der Waals surface area contributed by atoms with Gasteiger partial charge in [0.15, 0.2) is 21.1 Å². The van der Waals surface area contributed by atoms with Gasteiger partial charge in [-0.15, -0.1) is 0 Å². The number of sulfonamides is 1. The largest absolute Gasteiger partial charge is 0.488 e. The number of sulfone groups is 1. The molecule has 2 heterocycles. The maximum atomic E-state index is 12.0. The number of pyridine rings is 1. The number of rotatable bonds is 14. The van der Waals surface area contributed by atoms with Gasteiger partial charge in [-0.3, -0.25) is 4.98 Å². The van der Waals surface area contributed by atoms with Crippen LogP contribution in [0.5, 0.6) is 11.5 Å². The van der Waals surface area contributed by atoms with Gasteiger partial charge in [-0.1, -0.05) is 60.1 Å². The van der Waals surface area contributed by atoms with Crippen molar-refractivity contribution in [3.63, 3.8) is 0 Å². The molecule has 0 saturated heterocycles. The lowest BCUT2D eigenvalue weighted by atomic mass is 10.0. The molecule has 0 aliphatic rings. The molecule has 0 amide bonds. The standard InChI is InChI=1S/C30H30ClN5O7S2/c1-44(37,38)23-13-20(15-33-16-23)18-41-26-14-27(30-29(35-43-36-30)25(26)17-32-11-12-34-45(2,39)40)42-19-22-9-6-10-24(28(22)31)21-7-4-3-5-8-21/h3-10,13-16,32,34H,11-12,17-19H2,1-2H3. The minimum Gasteiger partial charge on any atom is -0.488 e. The minimum atomic E-state index is -3.47. The van der Waals surface area contributed by atoms with Gasteiger partial charge in [0.05, 0.1) is 16.2 Å². The van der Waals surface area contributed by atoms with E-state index >= 15 is 0 Å². The summed E-state index contributed by atoms with van der Waals surface area (Å²) in [7, 11) is -6.81. The van der Waals surface area contributed by atoms with Gasteiger partial charge in [-0.2, -0.15) is 0 Å². The summed E-state index contributed by atoms with van der Waals surface area (Å²) in [4.78, 5) is 4.10. The average molecular weight is 672 g/mol. The summed E-state index contributed by atoms with van der Waals surface area (Å²) in [6, 6.07) is 18.6. The first-order valence-corrected chi connectivity index (χ1v) is 17.8. The molecule has 0 bridgehead atoms. The van der Waals surface area contributed by atoms with Gasteiger partial charge in [0, 0.05) is 66.6 Å². The Morgan fingerprint density at radius 3 is 2.36 bits per heavy atom. The number of nitrogens with one attached hydrogen (secondary N) is 2. The molecular formula is C30H30ClN5O7S2. The fourth-order valence-electron chi connectivity index (χ4n) is 4.48. The highest BCUT2D eigenvalue weighted by molar-refractivity contribution is 7.90. The van der Waals surface area contributed by atoms with Crippen LogP contribution >= 0.6 is 11.6 Å². The monoisotopic (exact) mass is 671 g/mol. The van der Waals surface area contributed by atoms with Gasteiger partial charge < -0.3 is 14.8 Å². The van der Waals surface area contributed by atoms with Crippen LogP contribution in [0, 0.1) is 0 Å². The zero-order valence-electron chi connectivity index (χ0n) is 24.4. The van der Waals surface area contributed by atoms with E-state index in [-0.39, 0.29) is 31.2 Å². The summed E-state index contributed by atoms with van der Waals surface area (Å²) in [5.74, 6) is 0.693. The molecule has 0 spiro atoms. The van der Waals surface area contributed by atoms with Crippen molar-refractivity contribution in [3.8, 4) is 22.6 Å². The summed E-state index contributed by atoms with van der Waals surface area (Å²) >= 11 is 6.79. The third-order valence-corrected chi connectivity index (χ3v) is 8.93. The van der Waals surface area contributed by atoms with Crippen molar-refractivity contribution >= 4 is 42.5 Å². The van der Waals surface area contributed by atoms with Crippen LogP contribution < -0.4 is 19.5 Å². The first kappa shape index (κ1) is 32.3. The van der Waals surface area contributed by atoms with Crippen molar-refractivity contribution in [2.45, 2.75) is 24.7 Å². The number of benzene rings is 3. The van der Waals surface area contributed by atoms with Crippen molar-refractivity contribution in [1.82, 2.24) is 25.3 Å². The Bertz CT molecular complexity index is 2020. The molecule has 12 nitrogen and oxygen atoms in total. The second kappa shape index (κ2) is 13.9. The van der Waals surface area contributed by atoms with Gasteiger partial charge in [-0.25, -0.2) is 26.2 Å². The van der Waals surface area contributed by atoms with Crippen molar-refractivity contribution in [2.24, 2.45) is 0 Å². The Morgan fingerprint density at radius 1 is 0.844 bits per heavy atom. The lowest BCUT2D eigenvalue weighted by Crippen LogP contribution is -2.30. The second-order valence-electron chi connectivity index (χ2n) is 10.2. The van der Waals surface area contributed by atoms with Crippen molar-refractivity contribution < 1.29 is 30.9 Å². The normalized spacial score (nSPS) is 12.0. The third-order valence-electron chi connectivity index (χ3n) is 6.67. The fourth-order valence-corrected chi connectivity index (χ4v) is 5.86. The highest BCUT2D eigenvalue weighted by Gasteiger charge is 2.20. The molecule has 0 saturated carbocycles. The van der Waals surface area contributed by atoms with E-state index in [0.29, 0.717) is 45.2 Å². The predicted octanol–water partition coefficient (Wildman–Crippen LogP) is 4.14. The molecular weight excluding hydrogens is 642 g/mol. The van der Waals surface area contributed by atoms with Crippen LogP contribution in [-0.4, -0.2) is 57.7 Å². The lowest BCUT2D eigenvalue weighted by molar-refractivity contribution is 0.288. The molecule has 5 rings (SSSR count). The van der Waals surface area contributed by atoms with Crippen LogP contribution in [0.4, 0.5) is 0 Å². The Kier molecular flexibility index (Phi) is 9.99. The van der Waals surface area contributed by atoms with Gasteiger partial charge in [0.2, 0.25) is 10.0 Å². The quantitative estimate of drug-likeness (QED) is 0.163. The number of ether oxygens (including phenoxy) is 2. The molecule has 0 aliphatic carbocycles. The summed E-state index contributed by atoms with van der Waals surface area (Å²) in [5, 5.41) is 11.9. The van der Waals surface area contributed by atoms with Crippen molar-refractivity contribution in [3.05, 3.63) is 94.8 Å². The van der Waals surface area contributed by atoms with E-state index < -0.39 is 19.9 Å². The molecule has 0 aliphatic heterocycles. The highest BCUT2D eigenvalue weighted by Crippen LogP contribution is 2.36. The van der Waals surface area contributed by atoms with Crippen LogP contribution in [0.1, 0.15) is 16.7 Å². The van der Waals surface area contributed by atoms with Crippen LogP contribution in [0.15, 0.2) is 82.6 Å². The van der Waals surface area contributed by atoms with E-state index in [4.69, 9.17) is 25.7 Å². The second-order valence-corrected chi connectivity index (χ2v) is 14.4. The molecule has 236 valence electrons. The number of nitrogens with zero attached hydrogens (tertiary/aromatic N) is 3. The zero-order valence-corrected chi connectivity index (χ0v) is 26.7. The Labute approximate surface area is 265 Å². The average Bonchev–Trinajstić information content (AvgIpc) is 3.50. The van der Waals surface area contributed by atoms with E-state index in [9.17, 15) is 16.8 Å². The fraction of sp³-hybridized carbons (Fsp3) is 0.233. The molecule has 2 N–H and O–H groups in total. The first-order valence-electron chi connectivity index (χ1n) is 13.7. The van der Waals surface area contributed by atoms with Crippen LogP contribution in [-0.2, 0) is 39.6 Å². The van der Waals surface area contributed by atoms with Gasteiger partial charge in [-0.05, 0) is 21.9 Å². The lowest BCUT2D eigenvalue weighted by Gasteiger charge is -2.16. The van der Waals surface area contributed by atoms with E-state index in [2.05, 4.69) is 25.3 Å². The maximum absolute atomic E-state index is 12.0. The molecule has 0 fully saturated rings. The predicted molar refractivity (Wildman–Crippen MR) is 169 cm³/mol. The molecule has 2 aromatic heterocycles. The number of aromatic nitrogens is 3. The van der Waals surface area contributed by atoms with Gasteiger partial charge in [0.1, 0.15) is 24.5 Å². The number of hydrogen-bond acceptors (Lipinski definition) is 11. The smallest absolute Gasteiger partial charge is 0.208 e. The van der Waals surface area contributed by atoms with Crippen molar-refractivity contribution in [2.75, 3.05) is 25.6 Å². The Balaban J connectivity index is 1.43. The highest BCUT2D eigenvalue weighted by atomic mass is 35.5. The third kappa shape index (κ3) is 8.35. The minimum absolute atomic E-state index is 0.0137. The molecule has 15 heteroatoms. The number of hydrogen-bond donors (Lipinski definition) is 2. The van der Waals surface area contributed by atoms with Crippen LogP contribution in [0.3, 0.4) is 0 Å². The summed E-state index contributed by atoms with van der Waals surface area (Å²) in [6.07, 6.45) is 4.98. The number of halogens is 1. The summed E-state index contributed by atoms with van der Waals surface area (Å²) in [5.41, 5.74) is 4.42. The maximum Gasteiger partial charge on any atom is 0.208 e. The Hall–Kier alpha value is -4.08. The SMILES string of the molecule is CS(=O)(=O)NCCNCc1c(OCc2cncc(S(C)(=O)=O)c2)cc(OCc2cccc(-c3ccccc3)c2Cl)c2nonc12. The van der Waals surface area contributed by atoms with Crippen LogP contribution in [0.2, 0.25) is 5.02 Å². The molecule has 0 unspecified atom stereocenters. The summed E-state index contributed by atoms with van der Waals surface area (Å²) < 4.78 is 66.8. The van der Waals surface area contributed by atoms with Gasteiger partial charge >= 0.3 is 0 Å². The van der Waals surface area contributed by atoms with E-state index in [1.807, 2.05) is 48.5 Å². The van der Waals surface area contributed by atoms with Gasteiger partial charge in [0.25, 0.3) is 0 Å². The topological polar surface area (TPSA) is 163 Å². The van der Waals surface area contributed by atoms with Crippen LogP contribution in [0.25, 0.3) is 22.2 Å². The van der Waals surface area contributed by atoms with E-state index in [1.165, 1.54) is 18.5 Å². The molecule has 3 aromatic carbocycles. The molecule has 45 heavy (non-hydrogen) atoms. The van der Waals surface area contributed by atoms with E-state index in [0.717, 1.165) is 29.2 Å². The van der Waals surface area contributed by atoms with Crippen molar-refractivity contribution in [1.29, 1.82) is 0 Å². The molecule has 5 aromatic rings. The number of fused-ring (bicyclic) bond motifs is 1. The molecule has 0 atom stereocenters. The summed E-state index contributed by atoms with van der Waals surface area (Å²) in [6.45, 7) is 0.797.